The Balaban J connectivity index is 2.12. The maximum atomic E-state index is 11.9. The molecule has 1 saturated heterocycles. The van der Waals surface area contributed by atoms with Gasteiger partial charge in [-0.3, -0.25) is 19.8 Å². The van der Waals surface area contributed by atoms with Crippen molar-refractivity contribution >= 4 is 11.8 Å². The van der Waals surface area contributed by atoms with Crippen molar-refractivity contribution in [1.29, 1.82) is 0 Å². The maximum Gasteiger partial charge on any atom is 0.243 e. The third-order valence-electron chi connectivity index (χ3n) is 4.96. The van der Waals surface area contributed by atoms with Crippen LogP contribution in [0.15, 0.2) is 0 Å². The molecule has 1 aliphatic carbocycles. The first kappa shape index (κ1) is 15.4. The molecule has 0 spiro atoms. The molecule has 1 aliphatic heterocycles. The second kappa shape index (κ2) is 6.68. The van der Waals surface area contributed by atoms with Gasteiger partial charge in [0.15, 0.2) is 0 Å². The van der Waals surface area contributed by atoms with Gasteiger partial charge in [0.1, 0.15) is 0 Å². The van der Waals surface area contributed by atoms with Crippen molar-refractivity contribution in [2.75, 3.05) is 13.1 Å². The maximum absolute atomic E-state index is 11.9. The predicted molar refractivity (Wildman–Crippen MR) is 77.9 cm³/mol. The van der Waals surface area contributed by atoms with Crippen LogP contribution in [0.5, 0.6) is 0 Å². The van der Waals surface area contributed by atoms with E-state index in [1.54, 1.807) is 0 Å². The standard InChI is InChI=1S/C15H27N3O2/c1-3-4-11-5-6-12(8-16)13(7-11)18-9-14(19)17-15(20)10(18)2/h10-13H,3-9,16H2,1-2H3,(H,17,19,20). The summed E-state index contributed by atoms with van der Waals surface area (Å²) in [4.78, 5) is 25.6. The number of hydrogen-bond acceptors (Lipinski definition) is 4. The van der Waals surface area contributed by atoms with Gasteiger partial charge in [-0.25, -0.2) is 0 Å². The highest BCUT2D eigenvalue weighted by Gasteiger charge is 2.40. The summed E-state index contributed by atoms with van der Waals surface area (Å²) in [6.07, 6.45) is 5.84. The van der Waals surface area contributed by atoms with E-state index in [4.69, 9.17) is 5.73 Å². The van der Waals surface area contributed by atoms with E-state index < -0.39 is 0 Å². The number of carbonyl (C=O) groups excluding carboxylic acids is 2. The fourth-order valence-corrected chi connectivity index (χ4v) is 3.78. The second-order valence-electron chi connectivity index (χ2n) is 6.29. The Kier molecular flexibility index (Phi) is 5.16. The highest BCUT2D eigenvalue weighted by Crippen LogP contribution is 2.35. The van der Waals surface area contributed by atoms with E-state index in [-0.39, 0.29) is 23.9 Å². The summed E-state index contributed by atoms with van der Waals surface area (Å²) in [5.74, 6) is 0.764. The van der Waals surface area contributed by atoms with Crippen molar-refractivity contribution in [2.24, 2.45) is 17.6 Å². The first-order valence-corrected chi connectivity index (χ1v) is 7.86. The van der Waals surface area contributed by atoms with Gasteiger partial charge < -0.3 is 5.73 Å². The summed E-state index contributed by atoms with van der Waals surface area (Å²) in [6.45, 7) is 5.07. The van der Waals surface area contributed by atoms with E-state index in [2.05, 4.69) is 17.1 Å². The summed E-state index contributed by atoms with van der Waals surface area (Å²) in [6, 6.07) is 0.0439. The Morgan fingerprint density at radius 1 is 1.35 bits per heavy atom. The Labute approximate surface area is 121 Å². The highest BCUT2D eigenvalue weighted by molar-refractivity contribution is 6.00. The van der Waals surface area contributed by atoms with Gasteiger partial charge in [0.25, 0.3) is 0 Å². The fourth-order valence-electron chi connectivity index (χ4n) is 3.78. The van der Waals surface area contributed by atoms with E-state index in [9.17, 15) is 9.59 Å². The van der Waals surface area contributed by atoms with E-state index in [1.807, 2.05) is 6.92 Å². The van der Waals surface area contributed by atoms with Gasteiger partial charge in [-0.2, -0.15) is 0 Å². The lowest BCUT2D eigenvalue weighted by atomic mass is 9.75. The lowest BCUT2D eigenvalue weighted by Gasteiger charge is -2.45. The van der Waals surface area contributed by atoms with Gasteiger partial charge >= 0.3 is 0 Å². The van der Waals surface area contributed by atoms with E-state index in [0.29, 0.717) is 24.9 Å². The van der Waals surface area contributed by atoms with Crippen molar-refractivity contribution in [1.82, 2.24) is 10.2 Å². The molecule has 0 aromatic heterocycles. The van der Waals surface area contributed by atoms with Crippen LogP contribution in [0.2, 0.25) is 0 Å². The van der Waals surface area contributed by atoms with E-state index in [1.165, 1.54) is 19.3 Å². The van der Waals surface area contributed by atoms with Crippen molar-refractivity contribution in [3.63, 3.8) is 0 Å². The summed E-state index contributed by atoms with van der Waals surface area (Å²) < 4.78 is 0. The molecule has 0 radical (unpaired) electrons. The fraction of sp³-hybridized carbons (Fsp3) is 0.867. The second-order valence-corrected chi connectivity index (χ2v) is 6.29. The molecule has 1 saturated carbocycles. The molecule has 4 atom stereocenters. The minimum absolute atomic E-state index is 0.172. The van der Waals surface area contributed by atoms with Crippen LogP contribution in [0.4, 0.5) is 0 Å². The Hall–Kier alpha value is -0.940. The first-order valence-electron chi connectivity index (χ1n) is 7.86. The minimum atomic E-state index is -0.230. The van der Waals surface area contributed by atoms with Crippen LogP contribution >= 0.6 is 0 Å². The van der Waals surface area contributed by atoms with Gasteiger partial charge in [0, 0.05) is 6.04 Å². The van der Waals surface area contributed by atoms with Crippen LogP contribution in [0.3, 0.4) is 0 Å². The molecule has 2 rings (SSSR count). The van der Waals surface area contributed by atoms with Crippen LogP contribution < -0.4 is 11.1 Å². The van der Waals surface area contributed by atoms with E-state index >= 15 is 0 Å². The molecule has 0 aromatic carbocycles. The zero-order valence-corrected chi connectivity index (χ0v) is 12.6. The molecule has 5 nitrogen and oxygen atoms in total. The van der Waals surface area contributed by atoms with Crippen molar-refractivity contribution in [2.45, 2.75) is 58.0 Å². The SMILES string of the molecule is CCCC1CCC(CN)C(N2CC(=O)NC(=O)C2C)C1. The van der Waals surface area contributed by atoms with Gasteiger partial charge in [0.2, 0.25) is 11.8 Å². The quantitative estimate of drug-likeness (QED) is 0.750. The van der Waals surface area contributed by atoms with Crippen LogP contribution in [0, 0.1) is 11.8 Å². The van der Waals surface area contributed by atoms with Crippen molar-refractivity contribution < 1.29 is 9.59 Å². The number of nitrogens with two attached hydrogens (primary N) is 1. The number of carbonyl (C=O) groups is 2. The largest absolute Gasteiger partial charge is 0.330 e. The van der Waals surface area contributed by atoms with Crippen LogP contribution in [-0.4, -0.2) is 41.9 Å². The summed E-state index contributed by atoms with van der Waals surface area (Å²) in [5, 5.41) is 2.42. The molecular weight excluding hydrogens is 254 g/mol. The average molecular weight is 281 g/mol. The zero-order chi connectivity index (χ0) is 14.7. The smallest absolute Gasteiger partial charge is 0.243 e. The Morgan fingerprint density at radius 3 is 2.75 bits per heavy atom. The molecule has 0 bridgehead atoms. The number of piperazine rings is 1. The molecule has 2 aliphatic rings. The summed E-state index contributed by atoms with van der Waals surface area (Å²) in [5.41, 5.74) is 5.92. The zero-order valence-electron chi connectivity index (χ0n) is 12.6. The van der Waals surface area contributed by atoms with E-state index in [0.717, 1.165) is 12.8 Å². The third kappa shape index (κ3) is 3.20. The molecule has 5 heteroatoms. The number of amides is 2. The number of hydrogen-bond donors (Lipinski definition) is 2. The molecule has 2 amide bonds. The summed E-state index contributed by atoms with van der Waals surface area (Å²) >= 11 is 0. The van der Waals surface area contributed by atoms with Gasteiger partial charge in [0.05, 0.1) is 12.6 Å². The topological polar surface area (TPSA) is 75.4 Å². The Bertz CT molecular complexity index is 372. The highest BCUT2D eigenvalue weighted by atomic mass is 16.2. The molecular formula is C15H27N3O2. The monoisotopic (exact) mass is 281 g/mol. The van der Waals surface area contributed by atoms with Gasteiger partial charge in [-0.1, -0.05) is 26.2 Å². The van der Waals surface area contributed by atoms with Crippen molar-refractivity contribution in [3.05, 3.63) is 0 Å². The lowest BCUT2D eigenvalue weighted by molar-refractivity contribution is -0.142. The minimum Gasteiger partial charge on any atom is -0.330 e. The van der Waals surface area contributed by atoms with Gasteiger partial charge in [-0.15, -0.1) is 0 Å². The third-order valence-corrected chi connectivity index (χ3v) is 4.96. The number of imide groups is 1. The molecule has 1 heterocycles. The number of nitrogens with one attached hydrogen (secondary N) is 1. The molecule has 3 N–H and O–H groups in total. The normalized spacial score (nSPS) is 36.0. The molecule has 114 valence electrons. The number of rotatable bonds is 4. The lowest BCUT2D eigenvalue weighted by Crippen LogP contribution is -2.62. The molecule has 2 fully saturated rings. The van der Waals surface area contributed by atoms with Crippen LogP contribution in [-0.2, 0) is 9.59 Å². The van der Waals surface area contributed by atoms with Gasteiger partial charge in [-0.05, 0) is 38.1 Å². The van der Waals surface area contributed by atoms with Crippen molar-refractivity contribution in [3.8, 4) is 0 Å². The predicted octanol–water partition coefficient (Wildman–Crippen LogP) is 0.877. The molecule has 0 aromatic rings. The summed E-state index contributed by atoms with van der Waals surface area (Å²) in [7, 11) is 0. The average Bonchev–Trinajstić information content (AvgIpc) is 2.43. The first-order chi connectivity index (χ1) is 9.56. The Morgan fingerprint density at radius 2 is 2.10 bits per heavy atom. The molecule has 20 heavy (non-hydrogen) atoms. The number of nitrogens with zero attached hydrogens (tertiary/aromatic N) is 1. The van der Waals surface area contributed by atoms with Crippen LogP contribution in [0.1, 0.15) is 46.0 Å². The van der Waals surface area contributed by atoms with Crippen LogP contribution in [0.25, 0.3) is 0 Å². The molecule has 4 unspecified atom stereocenters.